The molecule has 1 aromatic rings. The van der Waals surface area contributed by atoms with Gasteiger partial charge < -0.3 is 10.6 Å². The van der Waals surface area contributed by atoms with Crippen molar-refractivity contribution in [3.05, 3.63) is 23.8 Å². The van der Waals surface area contributed by atoms with Gasteiger partial charge in [0, 0.05) is 17.9 Å². The number of fused-ring (bicyclic) bond motifs is 1. The molecular weight excluding hydrogens is 300 g/mol. The van der Waals surface area contributed by atoms with E-state index in [1.165, 1.54) is 12.1 Å². The summed E-state index contributed by atoms with van der Waals surface area (Å²) in [5.41, 5.74) is 6.81. The number of carbonyl (C=O) groups is 1. The molecule has 3 nitrogen and oxygen atoms in total. The van der Waals surface area contributed by atoms with Crippen LogP contribution in [0.4, 0.5) is 28.9 Å². The first kappa shape index (κ1) is 16.6. The molecule has 1 aliphatic heterocycles. The van der Waals surface area contributed by atoms with Gasteiger partial charge in [-0.05, 0) is 30.5 Å². The molecule has 1 aliphatic rings. The number of alkyl halides is 4. The van der Waals surface area contributed by atoms with E-state index < -0.39 is 18.3 Å². The van der Waals surface area contributed by atoms with E-state index >= 15 is 0 Å². The van der Waals surface area contributed by atoms with Crippen LogP contribution in [-0.4, -0.2) is 24.8 Å². The molecule has 1 amide bonds. The van der Waals surface area contributed by atoms with Gasteiger partial charge in [0.05, 0.1) is 0 Å². The summed E-state index contributed by atoms with van der Waals surface area (Å²) in [6, 6.07) is 4.52. The normalized spacial score (nSPS) is 14.8. The lowest BCUT2D eigenvalue weighted by Gasteiger charge is -2.32. The fraction of sp³-hybridized carbons (Fsp3) is 0.417. The van der Waals surface area contributed by atoms with Crippen molar-refractivity contribution in [2.24, 2.45) is 0 Å². The third-order valence-corrected chi connectivity index (χ3v) is 3.09. The summed E-state index contributed by atoms with van der Waals surface area (Å²) in [5, 5.41) is 0. The Hall–Kier alpha value is -1.50. The maximum Gasteiger partial charge on any atom is 0.384 e. The summed E-state index contributed by atoms with van der Waals surface area (Å²) in [4.78, 5) is 12.3. The van der Waals surface area contributed by atoms with Gasteiger partial charge in [-0.1, -0.05) is 6.07 Å². The van der Waals surface area contributed by atoms with Crippen LogP contribution in [0.1, 0.15) is 12.0 Å². The van der Waals surface area contributed by atoms with Crippen molar-refractivity contribution in [3.8, 4) is 0 Å². The smallest absolute Gasteiger partial charge is 0.384 e. The molecule has 0 bridgehead atoms. The second-order valence-corrected chi connectivity index (χ2v) is 4.33. The number of anilines is 2. The maximum atomic E-state index is 13.1. The lowest BCUT2D eigenvalue weighted by molar-refractivity contribution is -0.166. The highest BCUT2D eigenvalue weighted by Gasteiger charge is 2.52. The van der Waals surface area contributed by atoms with Crippen LogP contribution < -0.4 is 10.6 Å². The van der Waals surface area contributed by atoms with Crippen LogP contribution in [0.25, 0.3) is 0 Å². The SMILES string of the molecule is Cl.Nc1cccc2c1CCCN2C(=O)C(F)(F)C(F)F. The lowest BCUT2D eigenvalue weighted by Crippen LogP contribution is -2.49. The summed E-state index contributed by atoms with van der Waals surface area (Å²) in [5.74, 6) is -6.56. The summed E-state index contributed by atoms with van der Waals surface area (Å²) >= 11 is 0. The van der Waals surface area contributed by atoms with Crippen molar-refractivity contribution in [2.45, 2.75) is 25.2 Å². The van der Waals surface area contributed by atoms with Crippen LogP contribution >= 0.6 is 12.4 Å². The third kappa shape index (κ3) is 2.67. The molecule has 0 atom stereocenters. The summed E-state index contributed by atoms with van der Waals surface area (Å²) in [6.45, 7) is -0.0163. The van der Waals surface area contributed by atoms with Gasteiger partial charge in [-0.15, -0.1) is 12.4 Å². The van der Waals surface area contributed by atoms with Gasteiger partial charge in [0.1, 0.15) is 0 Å². The zero-order valence-corrected chi connectivity index (χ0v) is 11.1. The fourth-order valence-corrected chi connectivity index (χ4v) is 2.14. The molecule has 2 N–H and O–H groups in total. The van der Waals surface area contributed by atoms with Gasteiger partial charge in [0.15, 0.2) is 0 Å². The Labute approximate surface area is 119 Å². The second kappa shape index (κ2) is 5.87. The van der Waals surface area contributed by atoms with E-state index in [1.54, 1.807) is 6.07 Å². The Morgan fingerprint density at radius 3 is 2.60 bits per heavy atom. The van der Waals surface area contributed by atoms with E-state index in [0.717, 1.165) is 0 Å². The molecule has 8 heteroatoms. The highest BCUT2D eigenvalue weighted by Crippen LogP contribution is 2.35. The first-order valence-corrected chi connectivity index (χ1v) is 5.71. The average Bonchev–Trinajstić information content (AvgIpc) is 2.37. The topological polar surface area (TPSA) is 46.3 Å². The van der Waals surface area contributed by atoms with E-state index in [1.807, 2.05) is 0 Å². The third-order valence-electron chi connectivity index (χ3n) is 3.09. The van der Waals surface area contributed by atoms with Gasteiger partial charge in [-0.2, -0.15) is 8.78 Å². The molecule has 0 saturated heterocycles. The van der Waals surface area contributed by atoms with Gasteiger partial charge in [-0.3, -0.25) is 4.79 Å². The highest BCUT2D eigenvalue weighted by molar-refractivity contribution is 6.00. The van der Waals surface area contributed by atoms with E-state index in [4.69, 9.17) is 5.73 Å². The van der Waals surface area contributed by atoms with E-state index in [0.29, 0.717) is 29.0 Å². The van der Waals surface area contributed by atoms with Crippen molar-refractivity contribution in [3.63, 3.8) is 0 Å². The van der Waals surface area contributed by atoms with Gasteiger partial charge in [0.2, 0.25) is 0 Å². The summed E-state index contributed by atoms with van der Waals surface area (Å²) in [7, 11) is 0. The van der Waals surface area contributed by atoms with Crippen molar-refractivity contribution < 1.29 is 22.4 Å². The van der Waals surface area contributed by atoms with E-state index in [9.17, 15) is 22.4 Å². The zero-order chi connectivity index (χ0) is 14.2. The number of nitrogen functional groups attached to an aromatic ring is 1. The molecule has 20 heavy (non-hydrogen) atoms. The number of carbonyl (C=O) groups excluding carboxylic acids is 1. The number of rotatable bonds is 2. The predicted octanol–water partition coefficient (Wildman–Crippen LogP) is 2.87. The molecule has 1 aromatic carbocycles. The number of hydrogen-bond donors (Lipinski definition) is 1. The Morgan fingerprint density at radius 2 is 2.00 bits per heavy atom. The van der Waals surface area contributed by atoms with Crippen LogP contribution in [0.3, 0.4) is 0 Å². The van der Waals surface area contributed by atoms with Crippen LogP contribution in [0.15, 0.2) is 18.2 Å². The molecule has 0 spiro atoms. The molecule has 2 rings (SSSR count). The Kier molecular flexibility index (Phi) is 4.86. The van der Waals surface area contributed by atoms with Crippen LogP contribution in [0.5, 0.6) is 0 Å². The van der Waals surface area contributed by atoms with Crippen LogP contribution in [0, 0.1) is 0 Å². The number of halogens is 5. The first-order valence-electron chi connectivity index (χ1n) is 5.71. The van der Waals surface area contributed by atoms with Crippen LogP contribution in [-0.2, 0) is 11.2 Å². The molecule has 0 radical (unpaired) electrons. The van der Waals surface area contributed by atoms with Crippen molar-refractivity contribution in [2.75, 3.05) is 17.2 Å². The maximum absolute atomic E-state index is 13.1. The number of nitrogens with two attached hydrogens (primary N) is 1. The highest BCUT2D eigenvalue weighted by atomic mass is 35.5. The lowest BCUT2D eigenvalue weighted by atomic mass is 9.99. The van der Waals surface area contributed by atoms with Crippen molar-refractivity contribution >= 4 is 29.7 Å². The summed E-state index contributed by atoms with van der Waals surface area (Å²) < 4.78 is 50.8. The van der Waals surface area contributed by atoms with E-state index in [-0.39, 0.29) is 24.6 Å². The molecule has 1 heterocycles. The summed E-state index contributed by atoms with van der Waals surface area (Å²) in [6.07, 6.45) is -3.08. The van der Waals surface area contributed by atoms with E-state index in [2.05, 4.69) is 0 Å². The molecule has 0 aromatic heterocycles. The standard InChI is InChI=1S/C12H12F4N2O.ClH/c13-10(14)12(15,16)11(19)18-6-2-3-7-8(17)4-1-5-9(7)18;/h1,4-5,10H,2-3,6,17H2;1H. The van der Waals surface area contributed by atoms with Crippen LogP contribution in [0.2, 0.25) is 0 Å². The van der Waals surface area contributed by atoms with Crippen molar-refractivity contribution in [1.29, 1.82) is 0 Å². The fourth-order valence-electron chi connectivity index (χ4n) is 2.14. The number of amides is 1. The largest absolute Gasteiger partial charge is 0.398 e. The number of nitrogens with zero attached hydrogens (tertiary/aromatic N) is 1. The predicted molar refractivity (Wildman–Crippen MR) is 69.7 cm³/mol. The number of hydrogen-bond acceptors (Lipinski definition) is 2. The number of benzene rings is 1. The van der Waals surface area contributed by atoms with Gasteiger partial charge in [0.25, 0.3) is 0 Å². The minimum absolute atomic E-state index is 0. The van der Waals surface area contributed by atoms with Crippen molar-refractivity contribution in [1.82, 2.24) is 0 Å². The Bertz CT molecular complexity index is 510. The molecule has 112 valence electrons. The second-order valence-electron chi connectivity index (χ2n) is 4.33. The monoisotopic (exact) mass is 312 g/mol. The molecular formula is C12H13ClF4N2O. The van der Waals surface area contributed by atoms with Gasteiger partial charge >= 0.3 is 18.3 Å². The first-order chi connectivity index (χ1) is 8.85. The molecule has 0 aliphatic carbocycles. The molecule has 0 saturated carbocycles. The Balaban J connectivity index is 0.00000200. The minimum Gasteiger partial charge on any atom is -0.398 e. The molecule has 0 unspecified atom stereocenters. The Morgan fingerprint density at radius 1 is 1.35 bits per heavy atom. The average molecular weight is 313 g/mol. The van der Waals surface area contributed by atoms with Gasteiger partial charge in [-0.25, -0.2) is 8.78 Å². The quantitative estimate of drug-likeness (QED) is 0.674. The molecule has 0 fully saturated rings. The minimum atomic E-state index is -4.68. The zero-order valence-electron chi connectivity index (χ0n) is 10.3.